The molecule has 1 fully saturated rings. The van der Waals surface area contributed by atoms with E-state index in [0.717, 1.165) is 12.0 Å². The number of hydrogen-bond acceptors (Lipinski definition) is 3. The van der Waals surface area contributed by atoms with Gasteiger partial charge in [0.2, 0.25) is 6.08 Å². The van der Waals surface area contributed by atoms with Gasteiger partial charge in [0.1, 0.15) is 17.1 Å². The van der Waals surface area contributed by atoms with Gasteiger partial charge in [-0.15, -0.1) is 0 Å². The molecular weight excluding hydrogens is 209 g/mol. The normalized spacial score (nSPS) is 19.6. The van der Waals surface area contributed by atoms with Gasteiger partial charge in [-0.1, -0.05) is 6.07 Å². The van der Waals surface area contributed by atoms with Crippen molar-refractivity contribution in [3.63, 3.8) is 0 Å². The maximum Gasteiger partial charge on any atom is 0.235 e. The van der Waals surface area contributed by atoms with Gasteiger partial charge in [-0.25, -0.2) is 9.18 Å². The molecule has 3 rings (SSSR count). The van der Waals surface area contributed by atoms with Crippen molar-refractivity contribution in [2.45, 2.75) is 24.8 Å². The van der Waals surface area contributed by atoms with Crippen molar-refractivity contribution in [3.8, 4) is 5.75 Å². The number of isocyanates is 1. The van der Waals surface area contributed by atoms with Gasteiger partial charge in [-0.2, -0.15) is 4.99 Å². The van der Waals surface area contributed by atoms with E-state index in [0.29, 0.717) is 30.8 Å². The van der Waals surface area contributed by atoms with E-state index in [4.69, 9.17) is 4.74 Å². The van der Waals surface area contributed by atoms with Gasteiger partial charge < -0.3 is 4.74 Å². The predicted molar refractivity (Wildman–Crippen MR) is 54.6 cm³/mol. The Morgan fingerprint density at radius 1 is 1.44 bits per heavy atom. The zero-order valence-electron chi connectivity index (χ0n) is 8.62. The highest BCUT2D eigenvalue weighted by atomic mass is 19.1. The number of carbonyl (C=O) groups excluding carboxylic acids is 1. The standard InChI is InChI=1S/C12H10FNO2/c13-9-2-1-8-3-6-16-11(8)10(9)12(4-5-12)14-7-15/h1-2H,3-6H2. The number of aliphatic imine (C=N–C) groups is 1. The molecule has 16 heavy (non-hydrogen) atoms. The van der Waals surface area contributed by atoms with E-state index in [2.05, 4.69) is 4.99 Å². The van der Waals surface area contributed by atoms with Crippen molar-refractivity contribution < 1.29 is 13.9 Å². The van der Waals surface area contributed by atoms with Gasteiger partial charge in [-0.05, 0) is 24.5 Å². The summed E-state index contributed by atoms with van der Waals surface area (Å²) in [5, 5.41) is 0. The molecule has 1 aromatic carbocycles. The highest BCUT2D eigenvalue weighted by molar-refractivity contribution is 5.52. The Balaban J connectivity index is 2.20. The number of nitrogens with zero attached hydrogens (tertiary/aromatic N) is 1. The molecule has 3 nitrogen and oxygen atoms in total. The number of halogens is 1. The van der Waals surface area contributed by atoms with Crippen LogP contribution < -0.4 is 4.74 Å². The van der Waals surface area contributed by atoms with Crippen LogP contribution in [-0.4, -0.2) is 12.7 Å². The summed E-state index contributed by atoms with van der Waals surface area (Å²) < 4.78 is 19.3. The molecule has 1 aromatic rings. The van der Waals surface area contributed by atoms with E-state index in [1.54, 1.807) is 12.1 Å². The Morgan fingerprint density at radius 3 is 2.94 bits per heavy atom. The minimum Gasteiger partial charge on any atom is -0.492 e. The van der Waals surface area contributed by atoms with Crippen LogP contribution in [0.1, 0.15) is 24.0 Å². The lowest BCUT2D eigenvalue weighted by molar-refractivity contribution is 0.347. The Morgan fingerprint density at radius 2 is 2.25 bits per heavy atom. The topological polar surface area (TPSA) is 38.7 Å². The minimum atomic E-state index is -0.693. The van der Waals surface area contributed by atoms with Gasteiger partial charge in [-0.3, -0.25) is 0 Å². The van der Waals surface area contributed by atoms with E-state index in [9.17, 15) is 9.18 Å². The van der Waals surface area contributed by atoms with Crippen molar-refractivity contribution in [2.24, 2.45) is 4.99 Å². The predicted octanol–water partition coefficient (Wildman–Crippen LogP) is 2.09. The highest BCUT2D eigenvalue weighted by Crippen LogP contribution is 2.54. The lowest BCUT2D eigenvalue weighted by atomic mass is 10.00. The maximum atomic E-state index is 13.8. The molecule has 1 aliphatic heterocycles. The summed E-state index contributed by atoms with van der Waals surface area (Å²) in [6.45, 7) is 0.576. The second-order valence-corrected chi connectivity index (χ2v) is 4.24. The second kappa shape index (κ2) is 3.16. The number of ether oxygens (including phenoxy) is 1. The second-order valence-electron chi connectivity index (χ2n) is 4.24. The first kappa shape index (κ1) is 9.55. The van der Waals surface area contributed by atoms with E-state index >= 15 is 0 Å². The van der Waals surface area contributed by atoms with Crippen LogP contribution in [0.4, 0.5) is 4.39 Å². The third-order valence-electron chi connectivity index (χ3n) is 3.25. The summed E-state index contributed by atoms with van der Waals surface area (Å²) in [4.78, 5) is 14.1. The van der Waals surface area contributed by atoms with Crippen LogP contribution in [0.3, 0.4) is 0 Å². The first-order chi connectivity index (χ1) is 7.77. The molecule has 4 heteroatoms. The SMILES string of the molecule is O=C=NC1(c2c(F)ccc3c2OCC3)CC1. The third kappa shape index (κ3) is 1.20. The fourth-order valence-electron chi connectivity index (χ4n) is 2.28. The van der Waals surface area contributed by atoms with Crippen LogP contribution in [0.25, 0.3) is 0 Å². The summed E-state index contributed by atoms with van der Waals surface area (Å²) in [6.07, 6.45) is 3.72. The van der Waals surface area contributed by atoms with E-state index in [1.165, 1.54) is 6.07 Å². The third-order valence-corrected chi connectivity index (χ3v) is 3.25. The molecule has 1 saturated carbocycles. The average molecular weight is 219 g/mol. The molecule has 0 saturated heterocycles. The molecule has 0 bridgehead atoms. The van der Waals surface area contributed by atoms with Crippen LogP contribution in [0.2, 0.25) is 0 Å². The zero-order valence-corrected chi connectivity index (χ0v) is 8.62. The summed E-state index contributed by atoms with van der Waals surface area (Å²) in [5.74, 6) is 0.258. The largest absolute Gasteiger partial charge is 0.492 e. The highest BCUT2D eigenvalue weighted by Gasteiger charge is 2.49. The van der Waals surface area contributed by atoms with Crippen molar-refractivity contribution >= 4 is 6.08 Å². The van der Waals surface area contributed by atoms with Gasteiger partial charge in [0.05, 0.1) is 12.2 Å². The average Bonchev–Trinajstić information content (AvgIpc) is 2.89. The summed E-state index contributed by atoms with van der Waals surface area (Å²) in [5.41, 5.74) is 0.760. The fraction of sp³-hybridized carbons (Fsp3) is 0.417. The van der Waals surface area contributed by atoms with Crippen LogP contribution in [-0.2, 0) is 16.8 Å². The van der Waals surface area contributed by atoms with Gasteiger partial charge in [0.25, 0.3) is 0 Å². The molecule has 0 spiro atoms. The molecule has 2 aliphatic rings. The summed E-state index contributed by atoms with van der Waals surface area (Å²) in [7, 11) is 0. The molecule has 82 valence electrons. The van der Waals surface area contributed by atoms with Crippen molar-refractivity contribution in [1.29, 1.82) is 0 Å². The first-order valence-electron chi connectivity index (χ1n) is 5.30. The molecule has 0 N–H and O–H groups in total. The van der Waals surface area contributed by atoms with Crippen LogP contribution in [0.5, 0.6) is 5.75 Å². The minimum absolute atomic E-state index is 0.336. The first-order valence-corrected chi connectivity index (χ1v) is 5.30. The fourth-order valence-corrected chi connectivity index (χ4v) is 2.28. The lowest BCUT2D eigenvalue weighted by Gasteiger charge is -2.13. The van der Waals surface area contributed by atoms with Gasteiger partial charge in [0, 0.05) is 6.42 Å². The number of hydrogen-bond donors (Lipinski definition) is 0. The molecule has 0 unspecified atom stereocenters. The smallest absolute Gasteiger partial charge is 0.235 e. The van der Waals surface area contributed by atoms with Crippen molar-refractivity contribution in [1.82, 2.24) is 0 Å². The molecule has 0 amide bonds. The summed E-state index contributed by atoms with van der Waals surface area (Å²) in [6, 6.07) is 3.17. The van der Waals surface area contributed by atoms with Crippen LogP contribution >= 0.6 is 0 Å². The van der Waals surface area contributed by atoms with E-state index < -0.39 is 5.54 Å². The Hall–Kier alpha value is -1.67. The van der Waals surface area contributed by atoms with Gasteiger partial charge >= 0.3 is 0 Å². The Kier molecular flexibility index (Phi) is 1.88. The molecule has 0 radical (unpaired) electrons. The van der Waals surface area contributed by atoms with E-state index in [-0.39, 0.29) is 5.82 Å². The maximum absolute atomic E-state index is 13.8. The molecule has 0 aromatic heterocycles. The van der Waals surface area contributed by atoms with Crippen LogP contribution in [0, 0.1) is 5.82 Å². The molecular formula is C12H10FNO2. The quantitative estimate of drug-likeness (QED) is 0.564. The van der Waals surface area contributed by atoms with Crippen LogP contribution in [0.15, 0.2) is 17.1 Å². The monoisotopic (exact) mass is 219 g/mol. The molecule has 0 atom stereocenters. The Labute approximate surface area is 91.9 Å². The van der Waals surface area contributed by atoms with Crippen molar-refractivity contribution in [3.05, 3.63) is 29.1 Å². The molecule has 1 aliphatic carbocycles. The molecule has 1 heterocycles. The summed E-state index contributed by atoms with van der Waals surface area (Å²) >= 11 is 0. The number of fused-ring (bicyclic) bond motifs is 1. The Bertz CT molecular complexity index is 502. The van der Waals surface area contributed by atoms with E-state index in [1.807, 2.05) is 0 Å². The lowest BCUT2D eigenvalue weighted by Crippen LogP contribution is -2.08. The zero-order chi connectivity index (χ0) is 11.2. The number of rotatable bonds is 2. The number of benzene rings is 1. The van der Waals surface area contributed by atoms with Gasteiger partial charge in [0.15, 0.2) is 0 Å². The van der Waals surface area contributed by atoms with Crippen molar-refractivity contribution in [2.75, 3.05) is 6.61 Å².